The summed E-state index contributed by atoms with van der Waals surface area (Å²) in [6.45, 7) is 0. The predicted octanol–water partition coefficient (Wildman–Crippen LogP) is 14.3. The van der Waals surface area contributed by atoms with Gasteiger partial charge in [0.1, 0.15) is 5.82 Å². The van der Waals surface area contributed by atoms with Crippen LogP contribution in [0, 0.1) is 0 Å². The van der Waals surface area contributed by atoms with Crippen LogP contribution in [0.3, 0.4) is 0 Å². The molecule has 10 aromatic rings. The molecule has 0 aliphatic carbocycles. The third-order valence-corrected chi connectivity index (χ3v) is 10.6. The Bertz CT molecular complexity index is 2910. The van der Waals surface area contributed by atoms with Crippen LogP contribution in [-0.4, -0.2) is 9.55 Å². The fraction of sp³-hybridized carbons (Fsp3) is 0. The van der Waals surface area contributed by atoms with E-state index in [2.05, 4.69) is 222 Å². The summed E-state index contributed by atoms with van der Waals surface area (Å²) in [4.78, 5) is 7.38. The van der Waals surface area contributed by atoms with Gasteiger partial charge in [-0.25, -0.2) is 4.98 Å². The van der Waals surface area contributed by atoms with Crippen molar-refractivity contribution < 1.29 is 0 Å². The number of hydrogen-bond acceptors (Lipinski definition) is 2. The molecule has 0 fully saturated rings. The first kappa shape index (κ1) is 33.1. The molecule has 0 amide bonds. The van der Waals surface area contributed by atoms with Gasteiger partial charge in [0.2, 0.25) is 0 Å². The molecular formula is C53H37N3. The number of hydrogen-bond donors (Lipinski definition) is 0. The van der Waals surface area contributed by atoms with E-state index in [0.717, 1.165) is 45.2 Å². The Kier molecular flexibility index (Phi) is 8.51. The van der Waals surface area contributed by atoms with Crippen molar-refractivity contribution in [3.63, 3.8) is 0 Å². The molecule has 0 spiro atoms. The largest absolute Gasteiger partial charge is 0.310 e. The Morgan fingerprint density at radius 1 is 0.339 bits per heavy atom. The minimum absolute atomic E-state index is 0.939. The van der Waals surface area contributed by atoms with E-state index in [0.29, 0.717) is 0 Å². The molecule has 3 nitrogen and oxygen atoms in total. The van der Waals surface area contributed by atoms with E-state index >= 15 is 0 Å². The summed E-state index contributed by atoms with van der Waals surface area (Å²) < 4.78 is 2.24. The zero-order valence-corrected chi connectivity index (χ0v) is 30.7. The molecule has 0 saturated carbocycles. The minimum Gasteiger partial charge on any atom is -0.310 e. The Balaban J connectivity index is 0.880. The van der Waals surface area contributed by atoms with Gasteiger partial charge in [-0.2, -0.15) is 0 Å². The van der Waals surface area contributed by atoms with E-state index in [1.54, 1.807) is 0 Å². The molecular weight excluding hydrogens is 679 g/mol. The second kappa shape index (κ2) is 14.4. The Hall–Kier alpha value is -7.49. The van der Waals surface area contributed by atoms with Crippen LogP contribution in [0.1, 0.15) is 0 Å². The van der Waals surface area contributed by atoms with Crippen molar-refractivity contribution in [3.05, 3.63) is 224 Å². The lowest BCUT2D eigenvalue weighted by atomic mass is 9.97. The van der Waals surface area contributed by atoms with Crippen LogP contribution in [0.5, 0.6) is 0 Å². The summed E-state index contributed by atoms with van der Waals surface area (Å²) in [6.07, 6.45) is 0. The highest BCUT2D eigenvalue weighted by atomic mass is 15.1. The predicted molar refractivity (Wildman–Crippen MR) is 235 cm³/mol. The number of anilines is 3. The van der Waals surface area contributed by atoms with Crippen LogP contribution >= 0.6 is 0 Å². The lowest BCUT2D eigenvalue weighted by molar-refractivity contribution is 1.10. The summed E-state index contributed by atoms with van der Waals surface area (Å²) in [7, 11) is 0. The van der Waals surface area contributed by atoms with Gasteiger partial charge in [0.15, 0.2) is 0 Å². The number of imidazole rings is 1. The maximum Gasteiger partial charge on any atom is 0.145 e. The highest BCUT2D eigenvalue weighted by Gasteiger charge is 2.16. The molecule has 0 aliphatic heterocycles. The van der Waals surface area contributed by atoms with Gasteiger partial charge in [0.05, 0.1) is 16.7 Å². The van der Waals surface area contributed by atoms with E-state index in [1.165, 1.54) is 44.2 Å². The lowest BCUT2D eigenvalue weighted by Crippen LogP contribution is -2.10. The maximum absolute atomic E-state index is 5.04. The van der Waals surface area contributed by atoms with Gasteiger partial charge in [0, 0.05) is 28.0 Å². The van der Waals surface area contributed by atoms with E-state index in [1.807, 2.05) is 12.1 Å². The Labute approximate surface area is 327 Å². The third kappa shape index (κ3) is 6.21. The third-order valence-electron chi connectivity index (χ3n) is 10.6. The smallest absolute Gasteiger partial charge is 0.145 e. The van der Waals surface area contributed by atoms with Crippen molar-refractivity contribution in [1.82, 2.24) is 9.55 Å². The molecule has 3 heteroatoms. The topological polar surface area (TPSA) is 21.1 Å². The average molecular weight is 716 g/mol. The maximum atomic E-state index is 5.04. The summed E-state index contributed by atoms with van der Waals surface area (Å²) >= 11 is 0. The van der Waals surface area contributed by atoms with Crippen molar-refractivity contribution in [2.24, 2.45) is 0 Å². The van der Waals surface area contributed by atoms with Crippen LogP contribution in [0.4, 0.5) is 17.1 Å². The van der Waals surface area contributed by atoms with Crippen LogP contribution in [0.2, 0.25) is 0 Å². The molecule has 0 atom stereocenters. The molecule has 1 aromatic heterocycles. The van der Waals surface area contributed by atoms with Crippen LogP contribution in [-0.2, 0) is 0 Å². The van der Waals surface area contributed by atoms with Crippen LogP contribution in [0.15, 0.2) is 224 Å². The first-order valence-corrected chi connectivity index (χ1v) is 19.0. The van der Waals surface area contributed by atoms with Gasteiger partial charge >= 0.3 is 0 Å². The molecule has 0 saturated heterocycles. The summed E-state index contributed by atoms with van der Waals surface area (Å²) in [5, 5.41) is 2.45. The normalized spacial score (nSPS) is 11.2. The van der Waals surface area contributed by atoms with Crippen molar-refractivity contribution in [1.29, 1.82) is 0 Å². The molecule has 1 heterocycles. The molecule has 10 rings (SSSR count). The molecule has 264 valence electrons. The second-order valence-electron chi connectivity index (χ2n) is 14.0. The standard InChI is InChI=1S/C53H37N3/c1-3-14-46(15-4-1)55(51-21-11-13-44-12-7-8-18-49(44)51)48-36-34-43(35-37-48)41-28-26-39(27-29-41)38-22-24-40(25-23-38)42-30-32-45(33-31-42)53-54-50-19-9-10-20-52(50)56(53)47-16-5-2-6-17-47/h1-37H. The van der Waals surface area contributed by atoms with Gasteiger partial charge < -0.3 is 4.90 Å². The molecule has 0 bridgehead atoms. The fourth-order valence-corrected chi connectivity index (χ4v) is 7.79. The van der Waals surface area contributed by atoms with E-state index in [9.17, 15) is 0 Å². The number of fused-ring (bicyclic) bond motifs is 2. The Morgan fingerprint density at radius 2 is 0.786 bits per heavy atom. The lowest BCUT2D eigenvalue weighted by Gasteiger charge is -2.27. The number of nitrogens with zero attached hydrogens (tertiary/aromatic N) is 3. The molecule has 0 unspecified atom stereocenters. The summed E-state index contributed by atoms with van der Waals surface area (Å²) in [6, 6.07) is 79.9. The van der Waals surface area contributed by atoms with Crippen LogP contribution in [0.25, 0.3) is 72.3 Å². The van der Waals surface area contributed by atoms with Crippen molar-refractivity contribution >= 4 is 38.9 Å². The molecule has 9 aromatic carbocycles. The number of aromatic nitrogens is 2. The highest BCUT2D eigenvalue weighted by Crippen LogP contribution is 2.40. The zero-order valence-electron chi connectivity index (χ0n) is 30.7. The van der Waals surface area contributed by atoms with Crippen LogP contribution < -0.4 is 4.90 Å². The first-order chi connectivity index (χ1) is 27.8. The second-order valence-corrected chi connectivity index (χ2v) is 14.0. The number of benzene rings is 9. The van der Waals surface area contributed by atoms with E-state index in [-0.39, 0.29) is 0 Å². The molecule has 0 N–H and O–H groups in total. The zero-order chi connectivity index (χ0) is 37.3. The minimum atomic E-state index is 0.939. The quantitative estimate of drug-likeness (QED) is 0.156. The molecule has 56 heavy (non-hydrogen) atoms. The number of para-hydroxylation sites is 4. The van der Waals surface area contributed by atoms with Gasteiger partial charge in [-0.1, -0.05) is 170 Å². The van der Waals surface area contributed by atoms with Crippen molar-refractivity contribution in [2.75, 3.05) is 4.90 Å². The van der Waals surface area contributed by atoms with E-state index in [4.69, 9.17) is 4.98 Å². The van der Waals surface area contributed by atoms with E-state index < -0.39 is 0 Å². The number of rotatable bonds is 8. The molecule has 0 aliphatic rings. The Morgan fingerprint density at radius 3 is 1.39 bits per heavy atom. The van der Waals surface area contributed by atoms with Gasteiger partial charge in [-0.05, 0) is 93.4 Å². The average Bonchev–Trinajstić information content (AvgIpc) is 3.68. The fourth-order valence-electron chi connectivity index (χ4n) is 7.79. The summed E-state index contributed by atoms with van der Waals surface area (Å²) in [5.74, 6) is 0.939. The highest BCUT2D eigenvalue weighted by molar-refractivity contribution is 5.99. The van der Waals surface area contributed by atoms with Gasteiger partial charge in [0.25, 0.3) is 0 Å². The van der Waals surface area contributed by atoms with Gasteiger partial charge in [-0.3, -0.25) is 4.57 Å². The molecule has 0 radical (unpaired) electrons. The van der Waals surface area contributed by atoms with Crippen molar-refractivity contribution in [2.45, 2.75) is 0 Å². The first-order valence-electron chi connectivity index (χ1n) is 19.0. The monoisotopic (exact) mass is 715 g/mol. The van der Waals surface area contributed by atoms with Crippen molar-refractivity contribution in [3.8, 4) is 50.5 Å². The SMILES string of the molecule is c1ccc(N(c2ccc(-c3ccc(-c4ccc(-c5ccc(-c6nc7ccccc7n6-c6ccccc6)cc5)cc4)cc3)cc2)c2cccc3ccccc23)cc1. The summed E-state index contributed by atoms with van der Waals surface area (Å²) in [5.41, 5.74) is 14.8. The van der Waals surface area contributed by atoms with Gasteiger partial charge in [-0.15, -0.1) is 0 Å².